The molecule has 2 saturated heterocycles. The summed E-state index contributed by atoms with van der Waals surface area (Å²) >= 11 is 0. The topological polar surface area (TPSA) is 59.1 Å². The van der Waals surface area contributed by atoms with Gasteiger partial charge in [-0.3, -0.25) is 9.59 Å². The molecule has 1 aromatic rings. The van der Waals surface area contributed by atoms with E-state index in [-0.39, 0.29) is 24.6 Å². The second-order valence-electron chi connectivity index (χ2n) is 7.94. The van der Waals surface area contributed by atoms with Crippen LogP contribution < -0.4 is 9.47 Å². The molecule has 3 heterocycles. The first-order valence-corrected chi connectivity index (χ1v) is 10.1. The SMILES string of the molecule is CC1CCN(C(=O)C2CCCN2C(=O)CCc2ccc3c(c2)OCO3)CC1. The average molecular weight is 372 g/mol. The average Bonchev–Trinajstić information content (AvgIpc) is 3.35. The molecular weight excluding hydrogens is 344 g/mol. The molecule has 0 N–H and O–H groups in total. The van der Waals surface area contributed by atoms with Crippen LogP contribution in [0.3, 0.4) is 0 Å². The number of nitrogens with zero attached hydrogens (tertiary/aromatic N) is 2. The highest BCUT2D eigenvalue weighted by molar-refractivity contribution is 5.88. The first-order valence-electron chi connectivity index (χ1n) is 10.1. The van der Waals surface area contributed by atoms with Gasteiger partial charge >= 0.3 is 0 Å². The molecule has 0 aromatic heterocycles. The van der Waals surface area contributed by atoms with Crippen LogP contribution in [0.15, 0.2) is 18.2 Å². The van der Waals surface area contributed by atoms with Crippen molar-refractivity contribution in [3.8, 4) is 11.5 Å². The molecule has 2 fully saturated rings. The lowest BCUT2D eigenvalue weighted by Crippen LogP contribution is -2.49. The molecule has 0 bridgehead atoms. The van der Waals surface area contributed by atoms with Crippen molar-refractivity contribution in [3.63, 3.8) is 0 Å². The lowest BCUT2D eigenvalue weighted by Gasteiger charge is -2.34. The molecule has 3 aliphatic heterocycles. The van der Waals surface area contributed by atoms with Gasteiger partial charge in [0.05, 0.1) is 0 Å². The number of amides is 2. The Bertz CT molecular complexity index is 712. The largest absolute Gasteiger partial charge is 0.454 e. The standard InChI is InChI=1S/C21H28N2O4/c1-15-8-11-22(12-9-15)21(25)17-3-2-10-23(17)20(24)7-5-16-4-6-18-19(13-16)27-14-26-18/h4,6,13,15,17H,2-3,5,7-12,14H2,1H3. The maximum atomic E-state index is 12.9. The van der Waals surface area contributed by atoms with Crippen molar-refractivity contribution in [2.75, 3.05) is 26.4 Å². The van der Waals surface area contributed by atoms with Crippen LogP contribution in [0, 0.1) is 5.92 Å². The van der Waals surface area contributed by atoms with Crippen LogP contribution in [0.1, 0.15) is 44.6 Å². The van der Waals surface area contributed by atoms with E-state index in [1.807, 2.05) is 28.0 Å². The molecule has 0 spiro atoms. The Kier molecular flexibility index (Phi) is 5.23. The predicted molar refractivity (Wildman–Crippen MR) is 101 cm³/mol. The number of piperidine rings is 1. The molecule has 1 unspecified atom stereocenters. The maximum absolute atomic E-state index is 12.9. The van der Waals surface area contributed by atoms with E-state index in [9.17, 15) is 9.59 Å². The zero-order chi connectivity index (χ0) is 18.8. The number of fused-ring (bicyclic) bond motifs is 1. The van der Waals surface area contributed by atoms with E-state index < -0.39 is 0 Å². The zero-order valence-corrected chi connectivity index (χ0v) is 16.0. The van der Waals surface area contributed by atoms with Gasteiger partial charge in [-0.15, -0.1) is 0 Å². The lowest BCUT2D eigenvalue weighted by molar-refractivity contribution is -0.144. The molecule has 27 heavy (non-hydrogen) atoms. The van der Waals surface area contributed by atoms with Gasteiger partial charge in [0, 0.05) is 26.1 Å². The fourth-order valence-electron chi connectivity index (χ4n) is 4.25. The highest BCUT2D eigenvalue weighted by Crippen LogP contribution is 2.33. The number of likely N-dealkylation sites (tertiary alicyclic amines) is 2. The molecule has 1 aromatic carbocycles. The summed E-state index contributed by atoms with van der Waals surface area (Å²) < 4.78 is 10.7. The summed E-state index contributed by atoms with van der Waals surface area (Å²) in [6.45, 7) is 4.85. The second kappa shape index (κ2) is 7.79. The number of rotatable bonds is 4. The Morgan fingerprint density at radius 2 is 1.85 bits per heavy atom. The van der Waals surface area contributed by atoms with Crippen molar-refractivity contribution >= 4 is 11.8 Å². The van der Waals surface area contributed by atoms with E-state index >= 15 is 0 Å². The smallest absolute Gasteiger partial charge is 0.245 e. The van der Waals surface area contributed by atoms with E-state index in [2.05, 4.69) is 6.92 Å². The molecule has 6 nitrogen and oxygen atoms in total. The molecule has 0 saturated carbocycles. The summed E-state index contributed by atoms with van der Waals surface area (Å²) in [5, 5.41) is 0. The number of ether oxygens (including phenoxy) is 2. The van der Waals surface area contributed by atoms with Gasteiger partial charge in [0.2, 0.25) is 18.6 Å². The molecule has 1 atom stereocenters. The van der Waals surface area contributed by atoms with Gasteiger partial charge in [-0.2, -0.15) is 0 Å². The first-order chi connectivity index (χ1) is 13.1. The molecule has 0 aliphatic carbocycles. The number of hydrogen-bond acceptors (Lipinski definition) is 4. The van der Waals surface area contributed by atoms with Crippen LogP contribution in [0.2, 0.25) is 0 Å². The highest BCUT2D eigenvalue weighted by Gasteiger charge is 2.36. The van der Waals surface area contributed by atoms with Crippen molar-refractivity contribution in [1.29, 1.82) is 0 Å². The molecule has 6 heteroatoms. The van der Waals surface area contributed by atoms with E-state index in [1.54, 1.807) is 0 Å². The Balaban J connectivity index is 1.34. The zero-order valence-electron chi connectivity index (χ0n) is 16.0. The Labute approximate surface area is 160 Å². The van der Waals surface area contributed by atoms with Crippen molar-refractivity contribution < 1.29 is 19.1 Å². The summed E-state index contributed by atoms with van der Waals surface area (Å²) in [5.74, 6) is 2.42. The summed E-state index contributed by atoms with van der Waals surface area (Å²) in [4.78, 5) is 29.5. The molecule has 146 valence electrons. The van der Waals surface area contributed by atoms with Gasteiger partial charge in [0.1, 0.15) is 6.04 Å². The van der Waals surface area contributed by atoms with E-state index in [1.165, 1.54) is 0 Å². The summed E-state index contributed by atoms with van der Waals surface area (Å²) in [6, 6.07) is 5.55. The van der Waals surface area contributed by atoms with Crippen molar-refractivity contribution in [2.45, 2.75) is 51.5 Å². The van der Waals surface area contributed by atoms with Crippen LogP contribution in [0.4, 0.5) is 0 Å². The van der Waals surface area contributed by atoms with Crippen LogP contribution in [-0.2, 0) is 16.0 Å². The van der Waals surface area contributed by atoms with E-state index in [0.29, 0.717) is 25.3 Å². The fraction of sp³-hybridized carbons (Fsp3) is 0.619. The summed E-state index contributed by atoms with van der Waals surface area (Å²) in [6.07, 6.45) is 4.90. The molecule has 4 rings (SSSR count). The number of carbonyl (C=O) groups is 2. The van der Waals surface area contributed by atoms with Crippen molar-refractivity contribution in [2.24, 2.45) is 5.92 Å². The summed E-state index contributed by atoms with van der Waals surface area (Å²) in [5.41, 5.74) is 1.06. The quantitative estimate of drug-likeness (QED) is 0.815. The number of hydrogen-bond donors (Lipinski definition) is 0. The molecule has 3 aliphatic rings. The highest BCUT2D eigenvalue weighted by atomic mass is 16.7. The van der Waals surface area contributed by atoms with Crippen LogP contribution in [0.25, 0.3) is 0 Å². The number of benzene rings is 1. The third-order valence-electron chi connectivity index (χ3n) is 6.02. The number of carbonyl (C=O) groups excluding carboxylic acids is 2. The third-order valence-corrected chi connectivity index (χ3v) is 6.02. The fourth-order valence-corrected chi connectivity index (χ4v) is 4.25. The summed E-state index contributed by atoms with van der Waals surface area (Å²) in [7, 11) is 0. The Hall–Kier alpha value is -2.24. The third kappa shape index (κ3) is 3.89. The van der Waals surface area contributed by atoms with Crippen LogP contribution in [-0.4, -0.2) is 54.1 Å². The van der Waals surface area contributed by atoms with Gasteiger partial charge in [-0.1, -0.05) is 13.0 Å². The Morgan fingerprint density at radius 3 is 2.67 bits per heavy atom. The van der Waals surface area contributed by atoms with Gasteiger partial charge in [-0.25, -0.2) is 0 Å². The van der Waals surface area contributed by atoms with E-state index in [0.717, 1.165) is 55.8 Å². The minimum absolute atomic E-state index is 0.0777. The van der Waals surface area contributed by atoms with E-state index in [4.69, 9.17) is 9.47 Å². The second-order valence-corrected chi connectivity index (χ2v) is 7.94. The maximum Gasteiger partial charge on any atom is 0.245 e. The molecule has 2 amide bonds. The Morgan fingerprint density at radius 1 is 1.07 bits per heavy atom. The van der Waals surface area contributed by atoms with Gasteiger partial charge in [-0.05, 0) is 55.7 Å². The minimum atomic E-state index is -0.261. The monoisotopic (exact) mass is 372 g/mol. The first kappa shape index (κ1) is 18.1. The molecular formula is C21H28N2O4. The van der Waals surface area contributed by atoms with Crippen LogP contribution >= 0.6 is 0 Å². The minimum Gasteiger partial charge on any atom is -0.454 e. The van der Waals surface area contributed by atoms with Crippen molar-refractivity contribution in [3.05, 3.63) is 23.8 Å². The normalized spacial score (nSPS) is 22.3. The molecule has 0 radical (unpaired) electrons. The van der Waals surface area contributed by atoms with Gasteiger partial charge in [0.25, 0.3) is 0 Å². The van der Waals surface area contributed by atoms with Gasteiger partial charge < -0.3 is 19.3 Å². The van der Waals surface area contributed by atoms with Crippen molar-refractivity contribution in [1.82, 2.24) is 9.80 Å². The van der Waals surface area contributed by atoms with Crippen LogP contribution in [0.5, 0.6) is 11.5 Å². The predicted octanol–water partition coefficient (Wildman–Crippen LogP) is 2.60. The number of aryl methyl sites for hydroxylation is 1. The lowest BCUT2D eigenvalue weighted by atomic mass is 9.98. The van der Waals surface area contributed by atoms with Gasteiger partial charge in [0.15, 0.2) is 11.5 Å².